The van der Waals surface area contributed by atoms with Crippen LogP contribution in [0.2, 0.25) is 0 Å². The standard InChI is InChI=1S/C22H22N3.BrH/c1-17-13-21-22(14-18(17)2)25(16-20-11-7-4-8-12-20)23-24(21)15-19-9-5-3-6-10-19;/h3-14H,15-16H2,1-2H3;1H/q+1;/p-1. The van der Waals surface area contributed by atoms with Crippen molar-refractivity contribution < 1.29 is 21.7 Å². The van der Waals surface area contributed by atoms with Crippen LogP contribution >= 0.6 is 0 Å². The van der Waals surface area contributed by atoms with E-state index >= 15 is 0 Å². The first kappa shape index (κ1) is 18.3. The van der Waals surface area contributed by atoms with Gasteiger partial charge in [0.25, 0.3) is 0 Å². The first-order valence-corrected chi connectivity index (χ1v) is 8.66. The van der Waals surface area contributed by atoms with E-state index in [-0.39, 0.29) is 17.0 Å². The number of fused-ring (bicyclic) bond motifs is 1. The van der Waals surface area contributed by atoms with Gasteiger partial charge >= 0.3 is 0 Å². The van der Waals surface area contributed by atoms with Crippen molar-refractivity contribution in [2.24, 2.45) is 0 Å². The van der Waals surface area contributed by atoms with Gasteiger partial charge in [-0.05, 0) is 48.2 Å². The van der Waals surface area contributed by atoms with E-state index in [0.29, 0.717) is 0 Å². The highest BCUT2D eigenvalue weighted by atomic mass is 79.9. The van der Waals surface area contributed by atoms with Crippen molar-refractivity contribution in [3.05, 3.63) is 95.1 Å². The summed E-state index contributed by atoms with van der Waals surface area (Å²) in [6.45, 7) is 5.88. The number of aryl methyl sites for hydroxylation is 2. The average molecular weight is 408 g/mol. The summed E-state index contributed by atoms with van der Waals surface area (Å²) in [4.78, 5) is 0. The maximum absolute atomic E-state index is 4.90. The Morgan fingerprint density at radius 1 is 0.808 bits per heavy atom. The highest BCUT2D eigenvalue weighted by Crippen LogP contribution is 2.18. The van der Waals surface area contributed by atoms with E-state index in [1.54, 1.807) is 0 Å². The van der Waals surface area contributed by atoms with Crippen LogP contribution in [-0.2, 0) is 13.1 Å². The molecular formula is C22H22BrN3. The third-order valence-electron chi connectivity index (χ3n) is 4.71. The SMILES string of the molecule is Cc1cc2c(cc1C)[n+](Cc1ccccc1)nn2Cc1ccccc1.[Br-]. The fraction of sp³-hybridized carbons (Fsp3) is 0.182. The molecule has 132 valence electrons. The van der Waals surface area contributed by atoms with E-state index in [1.165, 1.54) is 33.3 Å². The van der Waals surface area contributed by atoms with Gasteiger partial charge in [0, 0.05) is 0 Å². The normalized spacial score (nSPS) is 10.7. The molecule has 0 saturated carbocycles. The molecule has 1 heterocycles. The fourth-order valence-corrected chi connectivity index (χ4v) is 3.17. The molecular weight excluding hydrogens is 386 g/mol. The second-order valence-electron chi connectivity index (χ2n) is 6.60. The molecule has 0 amide bonds. The topological polar surface area (TPSA) is 21.7 Å². The fourth-order valence-electron chi connectivity index (χ4n) is 3.17. The van der Waals surface area contributed by atoms with Gasteiger partial charge in [0.1, 0.15) is 13.1 Å². The van der Waals surface area contributed by atoms with Crippen LogP contribution < -0.4 is 21.7 Å². The van der Waals surface area contributed by atoms with Crippen molar-refractivity contribution in [1.29, 1.82) is 0 Å². The Labute approximate surface area is 164 Å². The molecule has 0 unspecified atom stereocenters. The van der Waals surface area contributed by atoms with E-state index in [2.05, 4.69) is 83.9 Å². The molecule has 0 bridgehead atoms. The molecule has 0 aliphatic heterocycles. The highest BCUT2D eigenvalue weighted by Gasteiger charge is 2.19. The number of rotatable bonds is 4. The smallest absolute Gasteiger partial charge is 0.198 e. The first-order chi connectivity index (χ1) is 12.2. The Morgan fingerprint density at radius 3 is 2.04 bits per heavy atom. The molecule has 0 saturated heterocycles. The van der Waals surface area contributed by atoms with E-state index in [4.69, 9.17) is 5.21 Å². The number of aromatic nitrogens is 3. The molecule has 4 aromatic rings. The van der Waals surface area contributed by atoms with Crippen LogP contribution in [0.1, 0.15) is 22.3 Å². The third-order valence-corrected chi connectivity index (χ3v) is 4.71. The lowest BCUT2D eigenvalue weighted by Gasteiger charge is -1.99. The van der Waals surface area contributed by atoms with Gasteiger partial charge in [0.2, 0.25) is 0 Å². The van der Waals surface area contributed by atoms with Crippen molar-refractivity contribution in [2.45, 2.75) is 26.9 Å². The number of hydrogen-bond acceptors (Lipinski definition) is 1. The van der Waals surface area contributed by atoms with Gasteiger partial charge in [-0.3, -0.25) is 0 Å². The number of hydrogen-bond donors (Lipinski definition) is 0. The lowest BCUT2D eigenvalue weighted by molar-refractivity contribution is -0.724. The van der Waals surface area contributed by atoms with Crippen LogP contribution in [-0.4, -0.2) is 9.90 Å². The average Bonchev–Trinajstić information content (AvgIpc) is 2.94. The number of halogens is 1. The maximum atomic E-state index is 4.90. The monoisotopic (exact) mass is 407 g/mol. The van der Waals surface area contributed by atoms with Crippen LogP contribution in [0.3, 0.4) is 0 Å². The van der Waals surface area contributed by atoms with Gasteiger partial charge in [-0.25, -0.2) is 0 Å². The molecule has 0 N–H and O–H groups in total. The minimum atomic E-state index is 0. The first-order valence-electron chi connectivity index (χ1n) is 8.66. The third kappa shape index (κ3) is 3.70. The lowest BCUT2D eigenvalue weighted by atomic mass is 10.1. The van der Waals surface area contributed by atoms with Crippen molar-refractivity contribution in [3.8, 4) is 0 Å². The van der Waals surface area contributed by atoms with Gasteiger partial charge < -0.3 is 17.0 Å². The zero-order chi connectivity index (χ0) is 17.2. The van der Waals surface area contributed by atoms with Crippen molar-refractivity contribution in [1.82, 2.24) is 9.90 Å². The van der Waals surface area contributed by atoms with Crippen LogP contribution in [0.15, 0.2) is 72.8 Å². The van der Waals surface area contributed by atoms with Crippen LogP contribution in [0, 0.1) is 13.8 Å². The van der Waals surface area contributed by atoms with Crippen LogP contribution in [0.25, 0.3) is 11.0 Å². The second-order valence-corrected chi connectivity index (χ2v) is 6.60. The van der Waals surface area contributed by atoms with Crippen LogP contribution in [0.5, 0.6) is 0 Å². The van der Waals surface area contributed by atoms with Crippen molar-refractivity contribution in [2.75, 3.05) is 0 Å². The molecule has 0 aliphatic rings. The van der Waals surface area contributed by atoms with Gasteiger partial charge in [-0.15, -0.1) is 9.36 Å². The van der Waals surface area contributed by atoms with Gasteiger partial charge in [0.15, 0.2) is 11.0 Å². The number of benzene rings is 3. The summed E-state index contributed by atoms with van der Waals surface area (Å²) in [6.07, 6.45) is 0. The molecule has 0 atom stereocenters. The number of nitrogens with zero attached hydrogens (tertiary/aromatic N) is 3. The predicted molar refractivity (Wildman–Crippen MR) is 100 cm³/mol. The molecule has 0 spiro atoms. The van der Waals surface area contributed by atoms with Crippen molar-refractivity contribution in [3.63, 3.8) is 0 Å². The van der Waals surface area contributed by atoms with E-state index in [0.717, 1.165) is 13.1 Å². The van der Waals surface area contributed by atoms with E-state index in [1.807, 2.05) is 12.1 Å². The Bertz CT molecular complexity index is 926. The summed E-state index contributed by atoms with van der Waals surface area (Å²) in [5.74, 6) is 0. The molecule has 0 fully saturated rings. The summed E-state index contributed by atoms with van der Waals surface area (Å²) in [5, 5.41) is 4.90. The van der Waals surface area contributed by atoms with Gasteiger partial charge in [0.05, 0.1) is 5.21 Å². The minimum Gasteiger partial charge on any atom is -1.00 e. The quantitative estimate of drug-likeness (QED) is 0.463. The molecule has 0 aliphatic carbocycles. The Balaban J connectivity index is 0.00000196. The van der Waals surface area contributed by atoms with Crippen LogP contribution in [0.4, 0.5) is 0 Å². The lowest BCUT2D eigenvalue weighted by Crippen LogP contribution is -3.00. The summed E-state index contributed by atoms with van der Waals surface area (Å²) in [6, 6.07) is 25.5. The Hall–Kier alpha value is -2.46. The van der Waals surface area contributed by atoms with E-state index in [9.17, 15) is 0 Å². The summed E-state index contributed by atoms with van der Waals surface area (Å²) >= 11 is 0. The largest absolute Gasteiger partial charge is 1.00 e. The van der Waals surface area contributed by atoms with Gasteiger partial charge in [-0.1, -0.05) is 60.7 Å². The summed E-state index contributed by atoms with van der Waals surface area (Å²) in [7, 11) is 0. The zero-order valence-corrected chi connectivity index (χ0v) is 16.6. The molecule has 3 aromatic carbocycles. The maximum Gasteiger partial charge on any atom is 0.198 e. The highest BCUT2D eigenvalue weighted by molar-refractivity contribution is 5.73. The van der Waals surface area contributed by atoms with Gasteiger partial charge in [-0.2, -0.15) is 0 Å². The summed E-state index contributed by atoms with van der Waals surface area (Å²) in [5.41, 5.74) is 7.49. The Kier molecular flexibility index (Phi) is 5.52. The Morgan fingerprint density at radius 2 is 1.38 bits per heavy atom. The zero-order valence-electron chi connectivity index (χ0n) is 15.1. The molecule has 4 rings (SSSR count). The molecule has 0 radical (unpaired) electrons. The predicted octanol–water partition coefficient (Wildman–Crippen LogP) is 1.04. The molecule has 26 heavy (non-hydrogen) atoms. The van der Waals surface area contributed by atoms with Crippen molar-refractivity contribution >= 4 is 11.0 Å². The summed E-state index contributed by atoms with van der Waals surface area (Å²) < 4.78 is 4.22. The minimum absolute atomic E-state index is 0. The van der Waals surface area contributed by atoms with E-state index < -0.39 is 0 Å². The second kappa shape index (κ2) is 7.83. The molecule has 3 nitrogen and oxygen atoms in total. The molecule has 1 aromatic heterocycles. The molecule has 4 heteroatoms.